The largest absolute Gasteiger partial charge is 0.357 e. The van der Waals surface area contributed by atoms with Gasteiger partial charge in [0.1, 0.15) is 0 Å². The number of piperidine rings is 1. The predicted octanol–water partition coefficient (Wildman–Crippen LogP) is 4.17. The Balaban J connectivity index is 1.40. The highest BCUT2D eigenvalue weighted by Gasteiger charge is 2.31. The first-order chi connectivity index (χ1) is 14.5. The highest BCUT2D eigenvalue weighted by molar-refractivity contribution is 5.89. The molecule has 0 spiro atoms. The summed E-state index contributed by atoms with van der Waals surface area (Å²) >= 11 is 0. The van der Waals surface area contributed by atoms with E-state index < -0.39 is 0 Å². The molecule has 3 N–H and O–H groups in total. The second-order valence-electron chi connectivity index (χ2n) is 7.80. The summed E-state index contributed by atoms with van der Waals surface area (Å²) in [5, 5.41) is 18.4. The average Bonchev–Trinajstić information content (AvgIpc) is 2.75. The van der Waals surface area contributed by atoms with E-state index in [1.165, 1.54) is 0 Å². The van der Waals surface area contributed by atoms with Crippen molar-refractivity contribution in [1.82, 2.24) is 10.2 Å². The second kappa shape index (κ2) is 8.44. The van der Waals surface area contributed by atoms with E-state index in [0.29, 0.717) is 11.3 Å². The summed E-state index contributed by atoms with van der Waals surface area (Å²) in [6.07, 6.45) is 3.81. The van der Waals surface area contributed by atoms with Crippen LogP contribution in [0.2, 0.25) is 0 Å². The van der Waals surface area contributed by atoms with Crippen molar-refractivity contribution in [2.24, 2.45) is 0 Å². The monoisotopic (exact) mass is 399 g/mol. The van der Waals surface area contributed by atoms with Gasteiger partial charge in [-0.3, -0.25) is 4.90 Å². The molecule has 0 bridgehead atoms. The molecular weight excluding hydrogens is 374 g/mol. The van der Waals surface area contributed by atoms with E-state index in [9.17, 15) is 4.79 Å². The number of rotatable bonds is 3. The van der Waals surface area contributed by atoms with Crippen molar-refractivity contribution in [1.29, 1.82) is 5.26 Å². The zero-order valence-corrected chi connectivity index (χ0v) is 17.0. The van der Waals surface area contributed by atoms with Gasteiger partial charge in [-0.15, -0.1) is 0 Å². The number of amides is 2. The number of carbonyl (C=O) groups excluding carboxylic acids is 1. The van der Waals surface area contributed by atoms with Gasteiger partial charge in [-0.1, -0.05) is 24.8 Å². The molecule has 0 radical (unpaired) electrons. The molecule has 4 rings (SSSR count). The highest BCUT2D eigenvalue weighted by Crippen LogP contribution is 2.34. The molecule has 2 aliphatic rings. The smallest absolute Gasteiger partial charge is 0.319 e. The van der Waals surface area contributed by atoms with Crippen LogP contribution in [0.15, 0.2) is 66.9 Å². The molecule has 0 aromatic heterocycles. The Bertz CT molecular complexity index is 1030. The minimum Gasteiger partial charge on any atom is -0.357 e. The van der Waals surface area contributed by atoms with Crippen molar-refractivity contribution in [3.63, 3.8) is 0 Å². The lowest BCUT2D eigenvalue weighted by Crippen LogP contribution is -2.50. The fourth-order valence-electron chi connectivity index (χ4n) is 4.07. The van der Waals surface area contributed by atoms with E-state index in [1.807, 2.05) is 12.1 Å². The number of nitrogens with zero attached hydrogens (tertiary/aromatic N) is 2. The molecule has 30 heavy (non-hydrogen) atoms. The Morgan fingerprint density at radius 2 is 2.00 bits per heavy atom. The molecule has 0 saturated carbocycles. The van der Waals surface area contributed by atoms with Gasteiger partial charge >= 0.3 is 6.03 Å². The number of urea groups is 1. The number of carbonyl (C=O) groups is 1. The van der Waals surface area contributed by atoms with Crippen LogP contribution in [0.1, 0.15) is 24.0 Å². The highest BCUT2D eigenvalue weighted by atomic mass is 16.2. The third-order valence-corrected chi connectivity index (χ3v) is 5.72. The van der Waals surface area contributed by atoms with Gasteiger partial charge in [-0.2, -0.15) is 5.26 Å². The van der Waals surface area contributed by atoms with Crippen molar-refractivity contribution >= 4 is 23.0 Å². The molecule has 2 aromatic rings. The van der Waals surface area contributed by atoms with E-state index >= 15 is 0 Å². The predicted molar refractivity (Wildman–Crippen MR) is 120 cm³/mol. The van der Waals surface area contributed by atoms with Crippen LogP contribution in [0.4, 0.5) is 16.2 Å². The topological polar surface area (TPSA) is 80.2 Å². The van der Waals surface area contributed by atoms with Crippen LogP contribution in [0.25, 0.3) is 5.57 Å². The zero-order valence-electron chi connectivity index (χ0n) is 17.0. The number of hydrogen-bond donors (Lipinski definition) is 3. The molecule has 2 heterocycles. The molecule has 6 heteroatoms. The van der Waals surface area contributed by atoms with E-state index in [4.69, 9.17) is 5.26 Å². The van der Waals surface area contributed by atoms with Crippen LogP contribution >= 0.6 is 0 Å². The zero-order chi connectivity index (χ0) is 21.1. The Hall–Kier alpha value is -3.56. The Labute approximate surface area is 176 Å². The van der Waals surface area contributed by atoms with Crippen LogP contribution in [-0.4, -0.2) is 36.6 Å². The van der Waals surface area contributed by atoms with Gasteiger partial charge in [-0.25, -0.2) is 4.79 Å². The first kappa shape index (κ1) is 19.7. The lowest BCUT2D eigenvalue weighted by molar-refractivity contribution is 0.180. The summed E-state index contributed by atoms with van der Waals surface area (Å²) in [5.74, 6) is 0. The summed E-state index contributed by atoms with van der Waals surface area (Å²) in [7, 11) is 2.11. The Morgan fingerprint density at radius 1 is 1.23 bits per heavy atom. The van der Waals surface area contributed by atoms with Crippen LogP contribution in [0, 0.1) is 11.3 Å². The summed E-state index contributed by atoms with van der Waals surface area (Å²) in [4.78, 5) is 14.8. The normalized spacial score (nSPS) is 20.9. The standard InChI is InChI=1S/C24H25N5O/c1-16-13-22(28-21-6-4-3-5-20(16)21)23-14-19(11-12-29(23)2)27-24(30)26-18-9-7-17(15-25)8-10-18/h3-10,13,19,23,28H,1,11-12,14H2,2H3,(H2,26,27,30)/t19-,23-/m1/s1. The molecule has 152 valence electrons. The van der Waals surface area contributed by atoms with Crippen LogP contribution < -0.4 is 16.0 Å². The van der Waals surface area contributed by atoms with E-state index in [2.05, 4.69) is 58.8 Å². The van der Waals surface area contributed by atoms with Gasteiger partial charge in [0.15, 0.2) is 0 Å². The van der Waals surface area contributed by atoms with Crippen molar-refractivity contribution in [3.8, 4) is 6.07 Å². The van der Waals surface area contributed by atoms with Crippen molar-refractivity contribution in [2.45, 2.75) is 24.9 Å². The number of nitrogens with one attached hydrogen (secondary N) is 3. The SMILES string of the molecule is C=C1C=C([C@H]2C[C@H](NC(=O)Nc3ccc(C#N)cc3)CCN2C)Nc2ccccc21. The number of likely N-dealkylation sites (N-methyl/N-ethyl adjacent to an activating group) is 1. The summed E-state index contributed by atoms with van der Waals surface area (Å²) < 4.78 is 0. The fraction of sp³-hybridized carbons (Fsp3) is 0.250. The maximum atomic E-state index is 12.5. The summed E-state index contributed by atoms with van der Waals surface area (Å²) in [6, 6.07) is 17.1. The Kier molecular flexibility index (Phi) is 5.55. The lowest BCUT2D eigenvalue weighted by Gasteiger charge is -2.40. The van der Waals surface area contributed by atoms with Gasteiger partial charge in [0.2, 0.25) is 0 Å². The van der Waals surface area contributed by atoms with Crippen LogP contribution in [0.5, 0.6) is 0 Å². The maximum Gasteiger partial charge on any atom is 0.319 e. The van der Waals surface area contributed by atoms with Crippen molar-refractivity contribution in [2.75, 3.05) is 24.2 Å². The molecule has 0 unspecified atom stereocenters. The number of likely N-dealkylation sites (tertiary alicyclic amines) is 1. The first-order valence-electron chi connectivity index (χ1n) is 10.1. The van der Waals surface area contributed by atoms with E-state index in [1.54, 1.807) is 24.3 Å². The summed E-state index contributed by atoms with van der Waals surface area (Å²) in [6.45, 7) is 5.11. The third-order valence-electron chi connectivity index (χ3n) is 5.72. The van der Waals surface area contributed by atoms with Gasteiger partial charge in [0.05, 0.1) is 17.7 Å². The van der Waals surface area contributed by atoms with Gasteiger partial charge in [0, 0.05) is 35.2 Å². The number of allylic oxidation sites excluding steroid dienone is 2. The maximum absolute atomic E-state index is 12.5. The molecule has 2 atom stereocenters. The molecule has 2 amide bonds. The minimum atomic E-state index is -0.228. The third kappa shape index (κ3) is 4.22. The number of hydrogen-bond acceptors (Lipinski definition) is 4. The first-order valence-corrected chi connectivity index (χ1v) is 10.1. The number of para-hydroxylation sites is 1. The Morgan fingerprint density at radius 3 is 2.77 bits per heavy atom. The van der Waals surface area contributed by atoms with Crippen molar-refractivity contribution in [3.05, 3.63) is 78.0 Å². The quantitative estimate of drug-likeness (QED) is 0.724. The number of anilines is 2. The van der Waals surface area contributed by atoms with Gasteiger partial charge in [0.25, 0.3) is 0 Å². The molecular formula is C24H25N5O. The number of nitriles is 1. The van der Waals surface area contributed by atoms with Gasteiger partial charge in [-0.05, 0) is 61.9 Å². The molecule has 2 aromatic carbocycles. The molecule has 2 aliphatic heterocycles. The lowest BCUT2D eigenvalue weighted by atomic mass is 9.91. The molecule has 6 nitrogen and oxygen atoms in total. The summed E-state index contributed by atoms with van der Waals surface area (Å²) in [5.41, 5.74) is 5.54. The average molecular weight is 399 g/mol. The van der Waals surface area contributed by atoms with Gasteiger partial charge < -0.3 is 16.0 Å². The second-order valence-corrected chi connectivity index (χ2v) is 7.80. The molecule has 1 fully saturated rings. The number of benzene rings is 2. The van der Waals surface area contributed by atoms with E-state index in [-0.39, 0.29) is 18.1 Å². The minimum absolute atomic E-state index is 0.0673. The van der Waals surface area contributed by atoms with Crippen molar-refractivity contribution < 1.29 is 4.79 Å². The van der Waals surface area contributed by atoms with E-state index in [0.717, 1.165) is 41.9 Å². The molecule has 0 aliphatic carbocycles. The molecule has 1 saturated heterocycles. The van der Waals surface area contributed by atoms with Crippen LogP contribution in [0.3, 0.4) is 0 Å². The van der Waals surface area contributed by atoms with Crippen LogP contribution in [-0.2, 0) is 0 Å². The number of fused-ring (bicyclic) bond motifs is 1. The fourth-order valence-corrected chi connectivity index (χ4v) is 4.07.